The van der Waals surface area contributed by atoms with Crippen LogP contribution in [0.3, 0.4) is 0 Å². The molecule has 2 atom stereocenters. The van der Waals surface area contributed by atoms with Crippen molar-refractivity contribution in [1.29, 1.82) is 0 Å². The summed E-state index contributed by atoms with van der Waals surface area (Å²) >= 11 is 0. The average molecular weight is 221 g/mol. The third-order valence-electron chi connectivity index (χ3n) is 3.38. The van der Waals surface area contributed by atoms with Crippen LogP contribution in [-0.4, -0.2) is 19.2 Å². The van der Waals surface area contributed by atoms with Crippen molar-refractivity contribution in [3.63, 3.8) is 0 Å². The van der Waals surface area contributed by atoms with Crippen LogP contribution < -0.4 is 5.32 Å². The standard InChI is InChI=1S/C13H16FNO/c14-11-3-1-2-10(6-11)13-8-15-7-12(16-13)9-4-5-9/h1-3,6,9,12-13,15H,4-5,7-8H2. The van der Waals surface area contributed by atoms with Gasteiger partial charge in [0.05, 0.1) is 12.2 Å². The van der Waals surface area contributed by atoms with E-state index in [9.17, 15) is 4.39 Å². The molecule has 2 unspecified atom stereocenters. The molecular weight excluding hydrogens is 205 g/mol. The Hall–Kier alpha value is -0.930. The van der Waals surface area contributed by atoms with Crippen molar-refractivity contribution < 1.29 is 9.13 Å². The zero-order valence-corrected chi connectivity index (χ0v) is 9.16. The summed E-state index contributed by atoms with van der Waals surface area (Å²) in [6.45, 7) is 1.73. The van der Waals surface area contributed by atoms with Crippen molar-refractivity contribution in [1.82, 2.24) is 5.32 Å². The van der Waals surface area contributed by atoms with Crippen LogP contribution in [0.5, 0.6) is 0 Å². The van der Waals surface area contributed by atoms with Gasteiger partial charge in [-0.05, 0) is 36.5 Å². The van der Waals surface area contributed by atoms with Gasteiger partial charge in [-0.3, -0.25) is 0 Å². The summed E-state index contributed by atoms with van der Waals surface area (Å²) in [6, 6.07) is 6.72. The number of benzene rings is 1. The van der Waals surface area contributed by atoms with Crippen molar-refractivity contribution in [2.24, 2.45) is 5.92 Å². The molecule has 16 heavy (non-hydrogen) atoms. The maximum absolute atomic E-state index is 13.1. The van der Waals surface area contributed by atoms with Crippen molar-refractivity contribution >= 4 is 0 Å². The molecule has 0 spiro atoms. The van der Waals surface area contributed by atoms with Crippen molar-refractivity contribution in [2.75, 3.05) is 13.1 Å². The van der Waals surface area contributed by atoms with E-state index in [1.807, 2.05) is 6.07 Å². The van der Waals surface area contributed by atoms with Gasteiger partial charge in [0, 0.05) is 13.1 Å². The second kappa shape index (κ2) is 4.15. The molecule has 0 aromatic heterocycles. The Morgan fingerprint density at radius 3 is 2.88 bits per heavy atom. The van der Waals surface area contributed by atoms with E-state index in [-0.39, 0.29) is 11.9 Å². The van der Waals surface area contributed by atoms with Gasteiger partial charge in [-0.25, -0.2) is 4.39 Å². The van der Waals surface area contributed by atoms with E-state index in [1.165, 1.54) is 18.9 Å². The molecule has 3 heteroatoms. The predicted molar refractivity (Wildman–Crippen MR) is 59.6 cm³/mol. The molecule has 1 aliphatic heterocycles. The highest BCUT2D eigenvalue weighted by Crippen LogP contribution is 2.37. The van der Waals surface area contributed by atoms with Crippen molar-refractivity contribution in [2.45, 2.75) is 25.0 Å². The van der Waals surface area contributed by atoms with E-state index in [4.69, 9.17) is 4.74 Å². The van der Waals surface area contributed by atoms with Crippen molar-refractivity contribution in [3.8, 4) is 0 Å². The molecular formula is C13H16FNO. The number of halogens is 1. The minimum Gasteiger partial charge on any atom is -0.367 e. The van der Waals surface area contributed by atoms with Crippen LogP contribution in [0, 0.1) is 11.7 Å². The highest BCUT2D eigenvalue weighted by atomic mass is 19.1. The fourth-order valence-corrected chi connectivity index (χ4v) is 2.31. The maximum Gasteiger partial charge on any atom is 0.123 e. The zero-order valence-electron chi connectivity index (χ0n) is 9.16. The Labute approximate surface area is 94.8 Å². The Bertz CT molecular complexity index is 378. The molecule has 0 amide bonds. The second-order valence-corrected chi connectivity index (χ2v) is 4.71. The van der Waals surface area contributed by atoms with Crippen molar-refractivity contribution in [3.05, 3.63) is 35.6 Å². The molecule has 2 nitrogen and oxygen atoms in total. The lowest BCUT2D eigenvalue weighted by Crippen LogP contribution is -2.41. The maximum atomic E-state index is 13.1. The van der Waals surface area contributed by atoms with Gasteiger partial charge >= 0.3 is 0 Å². The third kappa shape index (κ3) is 2.11. The van der Waals surface area contributed by atoms with E-state index in [0.29, 0.717) is 6.10 Å². The molecule has 1 aromatic carbocycles. The average Bonchev–Trinajstić information content (AvgIpc) is 3.13. The van der Waals surface area contributed by atoms with Gasteiger partial charge in [-0.1, -0.05) is 12.1 Å². The molecule has 2 fully saturated rings. The predicted octanol–water partition coefficient (Wildman–Crippen LogP) is 2.27. The fraction of sp³-hybridized carbons (Fsp3) is 0.538. The zero-order chi connectivity index (χ0) is 11.0. The van der Waals surface area contributed by atoms with Gasteiger partial charge in [-0.2, -0.15) is 0 Å². The molecule has 3 rings (SSSR count). The van der Waals surface area contributed by atoms with Crippen LogP contribution in [0.25, 0.3) is 0 Å². The molecule has 0 radical (unpaired) electrons. The lowest BCUT2D eigenvalue weighted by atomic mass is 10.1. The van der Waals surface area contributed by atoms with Crippen LogP contribution in [0.1, 0.15) is 24.5 Å². The Balaban J connectivity index is 1.73. The van der Waals surface area contributed by atoms with Crippen LogP contribution >= 0.6 is 0 Å². The Morgan fingerprint density at radius 1 is 1.25 bits per heavy atom. The molecule has 1 saturated carbocycles. The van der Waals surface area contributed by atoms with Gasteiger partial charge in [0.2, 0.25) is 0 Å². The Morgan fingerprint density at radius 2 is 2.12 bits per heavy atom. The number of rotatable bonds is 2. The first kappa shape index (κ1) is 10.2. The number of hydrogen-bond donors (Lipinski definition) is 1. The second-order valence-electron chi connectivity index (χ2n) is 4.71. The summed E-state index contributed by atoms with van der Waals surface area (Å²) in [5.41, 5.74) is 0.942. The highest BCUT2D eigenvalue weighted by Gasteiger charge is 2.35. The van der Waals surface area contributed by atoms with Gasteiger partial charge in [-0.15, -0.1) is 0 Å². The van der Waals surface area contributed by atoms with E-state index in [2.05, 4.69) is 5.32 Å². The van der Waals surface area contributed by atoms with E-state index < -0.39 is 0 Å². The molecule has 1 aromatic rings. The summed E-state index contributed by atoms with van der Waals surface area (Å²) in [5, 5.41) is 3.38. The molecule has 1 heterocycles. The minimum atomic E-state index is -0.186. The first-order valence-electron chi connectivity index (χ1n) is 5.94. The van der Waals surface area contributed by atoms with Crippen LogP contribution in [0.15, 0.2) is 24.3 Å². The Kier molecular flexibility index (Phi) is 2.65. The molecule has 0 bridgehead atoms. The molecule has 1 saturated heterocycles. The third-order valence-corrected chi connectivity index (χ3v) is 3.38. The van der Waals surface area contributed by atoms with Crippen LogP contribution in [0.4, 0.5) is 4.39 Å². The normalized spacial score (nSPS) is 30.3. The van der Waals surface area contributed by atoms with E-state index in [1.54, 1.807) is 12.1 Å². The monoisotopic (exact) mass is 221 g/mol. The van der Waals surface area contributed by atoms with E-state index in [0.717, 1.165) is 24.6 Å². The van der Waals surface area contributed by atoms with E-state index >= 15 is 0 Å². The summed E-state index contributed by atoms with van der Waals surface area (Å²) in [7, 11) is 0. The summed E-state index contributed by atoms with van der Waals surface area (Å²) in [4.78, 5) is 0. The quantitative estimate of drug-likeness (QED) is 0.827. The SMILES string of the molecule is Fc1cccc(C2CNCC(C3CC3)O2)c1. The van der Waals surface area contributed by atoms with Crippen LogP contribution in [-0.2, 0) is 4.74 Å². The number of hydrogen-bond acceptors (Lipinski definition) is 2. The first-order chi connectivity index (χ1) is 7.83. The lowest BCUT2D eigenvalue weighted by molar-refractivity contribution is -0.0494. The summed E-state index contributed by atoms with van der Waals surface area (Å²) in [5.74, 6) is 0.540. The molecule has 1 N–H and O–H groups in total. The lowest BCUT2D eigenvalue weighted by Gasteiger charge is -2.31. The largest absolute Gasteiger partial charge is 0.367 e. The highest BCUT2D eigenvalue weighted by molar-refractivity contribution is 5.20. The molecule has 86 valence electrons. The molecule has 2 aliphatic rings. The van der Waals surface area contributed by atoms with Gasteiger partial charge < -0.3 is 10.1 Å². The topological polar surface area (TPSA) is 21.3 Å². The number of morpholine rings is 1. The minimum absolute atomic E-state index is 0.00931. The molecule has 1 aliphatic carbocycles. The number of ether oxygens (including phenoxy) is 1. The number of nitrogens with one attached hydrogen (secondary N) is 1. The summed E-state index contributed by atoms with van der Waals surface area (Å²) < 4.78 is 19.1. The van der Waals surface area contributed by atoms with Gasteiger partial charge in [0.1, 0.15) is 5.82 Å². The fourth-order valence-electron chi connectivity index (χ4n) is 2.31. The first-order valence-corrected chi connectivity index (χ1v) is 5.94. The van der Waals surface area contributed by atoms with Crippen LogP contribution in [0.2, 0.25) is 0 Å². The smallest absolute Gasteiger partial charge is 0.123 e. The summed E-state index contributed by atoms with van der Waals surface area (Å²) in [6.07, 6.45) is 2.89. The van der Waals surface area contributed by atoms with Gasteiger partial charge in [0.25, 0.3) is 0 Å². The van der Waals surface area contributed by atoms with Gasteiger partial charge in [0.15, 0.2) is 0 Å².